The summed E-state index contributed by atoms with van der Waals surface area (Å²) in [5.74, 6) is 3.67. The molecule has 0 aliphatic heterocycles. The zero-order valence-electron chi connectivity index (χ0n) is 14.0. The molecule has 114 valence electrons. The summed E-state index contributed by atoms with van der Waals surface area (Å²) in [5.41, 5.74) is 0. The van der Waals surface area contributed by atoms with Crippen LogP contribution < -0.4 is 5.32 Å². The molecule has 1 unspecified atom stereocenters. The maximum Gasteiger partial charge on any atom is 0.00954 e. The first-order valence-electron chi connectivity index (χ1n) is 8.77. The van der Waals surface area contributed by atoms with Gasteiger partial charge in [-0.3, -0.25) is 0 Å². The molecule has 0 spiro atoms. The van der Waals surface area contributed by atoms with Crippen molar-refractivity contribution in [1.82, 2.24) is 5.32 Å². The minimum atomic E-state index is 0.787. The van der Waals surface area contributed by atoms with Crippen molar-refractivity contribution in [2.75, 3.05) is 6.54 Å². The summed E-state index contributed by atoms with van der Waals surface area (Å²) >= 11 is 0. The molecule has 0 saturated heterocycles. The molecule has 1 aliphatic rings. The Kier molecular flexibility index (Phi) is 8.06. The van der Waals surface area contributed by atoms with E-state index in [0.29, 0.717) is 0 Å². The fraction of sp³-hybridized carbons (Fsp3) is 1.00. The van der Waals surface area contributed by atoms with Crippen molar-refractivity contribution in [1.29, 1.82) is 0 Å². The maximum atomic E-state index is 3.84. The lowest BCUT2D eigenvalue weighted by Gasteiger charge is -2.36. The van der Waals surface area contributed by atoms with Gasteiger partial charge in [0.1, 0.15) is 0 Å². The van der Waals surface area contributed by atoms with Gasteiger partial charge in [-0.2, -0.15) is 0 Å². The molecule has 0 radical (unpaired) electrons. The van der Waals surface area contributed by atoms with E-state index in [1.807, 2.05) is 0 Å². The Morgan fingerprint density at radius 1 is 0.895 bits per heavy atom. The number of rotatable bonds is 8. The lowest BCUT2D eigenvalue weighted by molar-refractivity contribution is 0.180. The number of hydrogen-bond acceptors (Lipinski definition) is 1. The van der Waals surface area contributed by atoms with Crippen LogP contribution >= 0.6 is 0 Å². The molecule has 1 aliphatic carbocycles. The lowest BCUT2D eigenvalue weighted by atomic mass is 9.73. The average Bonchev–Trinajstić information content (AvgIpc) is 2.39. The predicted octanol–water partition coefficient (Wildman–Crippen LogP) is 5.25. The fourth-order valence-corrected chi connectivity index (χ4v) is 3.56. The van der Waals surface area contributed by atoms with E-state index in [-0.39, 0.29) is 0 Å². The summed E-state index contributed by atoms with van der Waals surface area (Å²) in [6.45, 7) is 13.0. The van der Waals surface area contributed by atoms with Crippen molar-refractivity contribution in [2.45, 2.75) is 85.6 Å². The summed E-state index contributed by atoms with van der Waals surface area (Å²) in [6, 6.07) is 0.787. The fourth-order valence-electron chi connectivity index (χ4n) is 3.56. The van der Waals surface area contributed by atoms with Crippen molar-refractivity contribution in [3.05, 3.63) is 0 Å². The average molecular weight is 268 g/mol. The summed E-state index contributed by atoms with van der Waals surface area (Å²) in [5, 5.41) is 3.84. The van der Waals surface area contributed by atoms with E-state index < -0.39 is 0 Å². The van der Waals surface area contributed by atoms with Crippen molar-refractivity contribution >= 4 is 0 Å². The molecular formula is C18H37N. The minimum Gasteiger partial charge on any atom is -0.314 e. The third-order valence-electron chi connectivity index (χ3n) is 5.04. The molecular weight excluding hydrogens is 230 g/mol. The minimum absolute atomic E-state index is 0.787. The molecule has 1 N–H and O–H groups in total. The Bertz CT molecular complexity index is 214. The summed E-state index contributed by atoms with van der Waals surface area (Å²) in [6.07, 6.45) is 9.88. The largest absolute Gasteiger partial charge is 0.314 e. The highest BCUT2D eigenvalue weighted by atomic mass is 14.9. The first kappa shape index (κ1) is 17.0. The molecule has 0 aromatic heterocycles. The van der Waals surface area contributed by atoms with Gasteiger partial charge < -0.3 is 5.32 Å². The van der Waals surface area contributed by atoms with Crippen molar-refractivity contribution in [3.8, 4) is 0 Å². The summed E-state index contributed by atoms with van der Waals surface area (Å²) in [4.78, 5) is 0. The Hall–Kier alpha value is -0.0400. The highest BCUT2D eigenvalue weighted by Crippen LogP contribution is 2.35. The van der Waals surface area contributed by atoms with Crippen LogP contribution in [0.4, 0.5) is 0 Å². The molecule has 0 aromatic rings. The molecule has 19 heavy (non-hydrogen) atoms. The smallest absolute Gasteiger partial charge is 0.00954 e. The molecule has 1 nitrogen and oxygen atoms in total. The first-order valence-corrected chi connectivity index (χ1v) is 8.77. The van der Waals surface area contributed by atoms with Gasteiger partial charge in [0.25, 0.3) is 0 Å². The Morgan fingerprint density at radius 2 is 1.47 bits per heavy atom. The molecule has 0 heterocycles. The topological polar surface area (TPSA) is 12.0 Å². The highest BCUT2D eigenvalue weighted by Gasteiger charge is 2.28. The zero-order chi connectivity index (χ0) is 14.3. The molecule has 0 bridgehead atoms. The molecule has 1 fully saturated rings. The normalized spacial score (nSPS) is 26.1. The highest BCUT2D eigenvalue weighted by molar-refractivity contribution is 4.83. The molecule has 0 aromatic carbocycles. The van der Waals surface area contributed by atoms with Gasteiger partial charge in [-0.15, -0.1) is 0 Å². The van der Waals surface area contributed by atoms with Crippen LogP contribution in [0.1, 0.15) is 79.6 Å². The SMILES string of the molecule is CCCNC(CCC(C)C)C1CCC(C(C)C)CC1. The van der Waals surface area contributed by atoms with Crippen LogP contribution in [-0.4, -0.2) is 12.6 Å². The van der Waals surface area contributed by atoms with Gasteiger partial charge in [0.15, 0.2) is 0 Å². The van der Waals surface area contributed by atoms with E-state index in [4.69, 9.17) is 0 Å². The lowest BCUT2D eigenvalue weighted by Crippen LogP contribution is -2.39. The monoisotopic (exact) mass is 267 g/mol. The van der Waals surface area contributed by atoms with Crippen LogP contribution in [0.2, 0.25) is 0 Å². The number of hydrogen-bond donors (Lipinski definition) is 1. The van der Waals surface area contributed by atoms with Crippen LogP contribution in [0.15, 0.2) is 0 Å². The number of nitrogens with one attached hydrogen (secondary N) is 1. The zero-order valence-corrected chi connectivity index (χ0v) is 14.0. The van der Waals surface area contributed by atoms with Crippen molar-refractivity contribution in [3.63, 3.8) is 0 Å². The molecule has 1 atom stereocenters. The van der Waals surface area contributed by atoms with Gasteiger partial charge in [0, 0.05) is 6.04 Å². The third kappa shape index (κ3) is 6.29. The second kappa shape index (κ2) is 9.00. The van der Waals surface area contributed by atoms with Crippen LogP contribution in [0.5, 0.6) is 0 Å². The van der Waals surface area contributed by atoms with Gasteiger partial charge in [-0.05, 0) is 75.2 Å². The van der Waals surface area contributed by atoms with Crippen LogP contribution in [0, 0.1) is 23.7 Å². The van der Waals surface area contributed by atoms with E-state index in [9.17, 15) is 0 Å². The van der Waals surface area contributed by atoms with Crippen LogP contribution in [0.3, 0.4) is 0 Å². The first-order chi connectivity index (χ1) is 9.04. The maximum absolute atomic E-state index is 3.84. The quantitative estimate of drug-likeness (QED) is 0.633. The van der Waals surface area contributed by atoms with Gasteiger partial charge in [0.2, 0.25) is 0 Å². The molecule has 1 saturated carbocycles. The Labute approximate surface area is 121 Å². The molecule has 1 rings (SSSR count). The van der Waals surface area contributed by atoms with E-state index in [0.717, 1.165) is 29.7 Å². The second-order valence-corrected chi connectivity index (χ2v) is 7.45. The summed E-state index contributed by atoms with van der Waals surface area (Å²) in [7, 11) is 0. The molecule has 0 amide bonds. The van der Waals surface area contributed by atoms with Crippen molar-refractivity contribution < 1.29 is 0 Å². The molecule has 1 heteroatoms. The van der Waals surface area contributed by atoms with Gasteiger partial charge in [0.05, 0.1) is 0 Å². The summed E-state index contributed by atoms with van der Waals surface area (Å²) < 4.78 is 0. The van der Waals surface area contributed by atoms with Crippen molar-refractivity contribution in [2.24, 2.45) is 23.7 Å². The van der Waals surface area contributed by atoms with Crippen LogP contribution in [-0.2, 0) is 0 Å². The van der Waals surface area contributed by atoms with E-state index in [2.05, 4.69) is 39.9 Å². The van der Waals surface area contributed by atoms with E-state index >= 15 is 0 Å². The van der Waals surface area contributed by atoms with E-state index in [1.54, 1.807) is 0 Å². The Balaban J connectivity index is 2.41. The predicted molar refractivity (Wildman–Crippen MR) is 86.4 cm³/mol. The van der Waals surface area contributed by atoms with Gasteiger partial charge in [-0.25, -0.2) is 0 Å². The van der Waals surface area contributed by atoms with Gasteiger partial charge in [-0.1, -0.05) is 34.6 Å². The Morgan fingerprint density at radius 3 is 1.95 bits per heavy atom. The standard InChI is InChI=1S/C18H37N/c1-6-13-19-18(12-7-14(2)3)17-10-8-16(9-11-17)15(4)5/h14-19H,6-13H2,1-5H3. The van der Waals surface area contributed by atoms with Gasteiger partial charge >= 0.3 is 0 Å². The second-order valence-electron chi connectivity index (χ2n) is 7.45. The van der Waals surface area contributed by atoms with E-state index in [1.165, 1.54) is 51.5 Å². The van der Waals surface area contributed by atoms with Crippen LogP contribution in [0.25, 0.3) is 0 Å². The third-order valence-corrected chi connectivity index (χ3v) is 5.04.